The fraction of sp³-hybridized carbons (Fsp3) is 0.458. The van der Waals surface area contributed by atoms with Gasteiger partial charge in [-0.3, -0.25) is 4.98 Å². The maximum Gasteiger partial charge on any atom is 0.573 e. The van der Waals surface area contributed by atoms with Crippen molar-refractivity contribution in [2.24, 2.45) is 5.41 Å². The van der Waals surface area contributed by atoms with Crippen LogP contribution in [0.15, 0.2) is 55.0 Å². The van der Waals surface area contributed by atoms with Gasteiger partial charge in [0, 0.05) is 49.1 Å². The average molecular weight is 448 g/mol. The topological polar surface area (TPSA) is 48.8 Å². The number of ether oxygens (including phenoxy) is 1. The van der Waals surface area contributed by atoms with E-state index in [1.807, 2.05) is 19.9 Å². The van der Waals surface area contributed by atoms with Gasteiger partial charge in [-0.05, 0) is 43.5 Å². The average Bonchev–Trinajstić information content (AvgIpc) is 3.25. The molecule has 0 radical (unpaired) electrons. The lowest BCUT2D eigenvalue weighted by Crippen LogP contribution is -2.64. The lowest BCUT2D eigenvalue weighted by molar-refractivity contribution is -0.274. The standard InChI is InChI=1S/C24H28F3N3O2/c1-17(2)30-15-22(3,16-30)23(31,18-6-8-21(9-7-18)32-24(25,26)27)19-12-20(14-28-13-19)29-10-4-5-11-29/h6-9,12-14,31H,1,4-5,10-11,15-16H2,2-3H3. The molecule has 172 valence electrons. The molecule has 0 aliphatic carbocycles. The Morgan fingerprint density at radius 2 is 1.72 bits per heavy atom. The summed E-state index contributed by atoms with van der Waals surface area (Å²) < 4.78 is 41.8. The maximum absolute atomic E-state index is 12.6. The van der Waals surface area contributed by atoms with Gasteiger partial charge < -0.3 is 19.6 Å². The summed E-state index contributed by atoms with van der Waals surface area (Å²) in [6, 6.07) is 7.43. The number of hydrogen-bond acceptors (Lipinski definition) is 5. The van der Waals surface area contributed by atoms with Crippen molar-refractivity contribution in [2.75, 3.05) is 31.1 Å². The number of aromatic nitrogens is 1. The molecule has 0 amide bonds. The largest absolute Gasteiger partial charge is 0.573 e. The molecule has 3 heterocycles. The number of rotatable bonds is 6. The van der Waals surface area contributed by atoms with E-state index in [1.54, 1.807) is 12.4 Å². The number of aliphatic hydroxyl groups is 1. The molecule has 2 aromatic rings. The van der Waals surface area contributed by atoms with Crippen LogP contribution in [0.3, 0.4) is 0 Å². The number of hydrogen-bond donors (Lipinski definition) is 1. The Labute approximate surface area is 186 Å². The second-order valence-corrected chi connectivity index (χ2v) is 9.06. The number of alkyl halides is 3. The van der Waals surface area contributed by atoms with E-state index >= 15 is 0 Å². The second kappa shape index (κ2) is 7.99. The molecular weight excluding hydrogens is 419 g/mol. The van der Waals surface area contributed by atoms with Crippen molar-refractivity contribution >= 4 is 5.69 Å². The highest BCUT2D eigenvalue weighted by Gasteiger charge is 2.56. The predicted octanol–water partition coefficient (Wildman–Crippen LogP) is 4.67. The van der Waals surface area contributed by atoms with E-state index in [9.17, 15) is 18.3 Å². The Hall–Kier alpha value is -2.74. The van der Waals surface area contributed by atoms with E-state index < -0.39 is 17.4 Å². The summed E-state index contributed by atoms with van der Waals surface area (Å²) >= 11 is 0. The van der Waals surface area contributed by atoms with Crippen LogP contribution in [-0.4, -0.2) is 47.5 Å². The first-order valence-corrected chi connectivity index (χ1v) is 10.7. The highest BCUT2D eigenvalue weighted by atomic mass is 19.4. The molecule has 1 atom stereocenters. The smallest absolute Gasteiger partial charge is 0.406 e. The Morgan fingerprint density at radius 1 is 1.09 bits per heavy atom. The fourth-order valence-corrected chi connectivity index (χ4v) is 4.83. The van der Waals surface area contributed by atoms with Crippen LogP contribution in [0.5, 0.6) is 5.75 Å². The molecule has 2 saturated heterocycles. The summed E-state index contributed by atoms with van der Waals surface area (Å²) in [7, 11) is 0. The van der Waals surface area contributed by atoms with E-state index in [-0.39, 0.29) is 5.75 Å². The fourth-order valence-electron chi connectivity index (χ4n) is 4.83. The van der Waals surface area contributed by atoms with Gasteiger partial charge in [0.15, 0.2) is 0 Å². The van der Waals surface area contributed by atoms with Crippen LogP contribution in [0.25, 0.3) is 0 Å². The number of anilines is 1. The zero-order valence-corrected chi connectivity index (χ0v) is 18.3. The van der Waals surface area contributed by atoms with Crippen LogP contribution < -0.4 is 9.64 Å². The normalized spacial score (nSPS) is 19.9. The third kappa shape index (κ3) is 4.03. The number of allylic oxidation sites excluding steroid dienone is 1. The maximum atomic E-state index is 12.6. The molecule has 8 heteroatoms. The molecule has 1 aromatic carbocycles. The molecule has 5 nitrogen and oxygen atoms in total. The third-order valence-corrected chi connectivity index (χ3v) is 6.61. The first kappa shape index (κ1) is 22.5. The number of likely N-dealkylation sites (tertiary alicyclic amines) is 1. The quantitative estimate of drug-likeness (QED) is 0.697. The van der Waals surface area contributed by atoms with E-state index in [4.69, 9.17) is 0 Å². The van der Waals surface area contributed by atoms with Crippen molar-refractivity contribution < 1.29 is 23.0 Å². The number of benzene rings is 1. The molecule has 1 aromatic heterocycles. The van der Waals surface area contributed by atoms with E-state index in [0.717, 1.165) is 37.3 Å². The van der Waals surface area contributed by atoms with Gasteiger partial charge in [0.1, 0.15) is 11.4 Å². The molecule has 1 unspecified atom stereocenters. The summed E-state index contributed by atoms with van der Waals surface area (Å²) in [5.74, 6) is -0.324. The van der Waals surface area contributed by atoms with E-state index in [1.165, 1.54) is 24.3 Å². The van der Waals surface area contributed by atoms with Gasteiger partial charge >= 0.3 is 6.36 Å². The van der Waals surface area contributed by atoms with E-state index in [2.05, 4.69) is 26.1 Å². The summed E-state index contributed by atoms with van der Waals surface area (Å²) in [5, 5.41) is 12.2. The van der Waals surface area contributed by atoms with Crippen molar-refractivity contribution in [1.29, 1.82) is 0 Å². The van der Waals surface area contributed by atoms with Gasteiger partial charge in [-0.1, -0.05) is 25.6 Å². The van der Waals surface area contributed by atoms with Crippen LogP contribution >= 0.6 is 0 Å². The molecule has 1 N–H and O–H groups in total. The van der Waals surface area contributed by atoms with Crippen LogP contribution in [0.4, 0.5) is 18.9 Å². The van der Waals surface area contributed by atoms with Gasteiger partial charge in [-0.2, -0.15) is 0 Å². The minimum atomic E-state index is -4.77. The zero-order chi connectivity index (χ0) is 23.1. The molecule has 2 aliphatic heterocycles. The third-order valence-electron chi connectivity index (χ3n) is 6.61. The van der Waals surface area contributed by atoms with Crippen molar-refractivity contribution in [3.63, 3.8) is 0 Å². The molecule has 0 bridgehead atoms. The summed E-state index contributed by atoms with van der Waals surface area (Å²) in [4.78, 5) is 8.72. The minimum Gasteiger partial charge on any atom is -0.406 e. The van der Waals surface area contributed by atoms with Gasteiger partial charge in [-0.15, -0.1) is 13.2 Å². The SMILES string of the molecule is C=C(C)N1CC(C)(C(O)(c2ccc(OC(F)(F)F)cc2)c2cncc(N3CCCC3)c2)C1. The van der Waals surface area contributed by atoms with Crippen LogP contribution in [-0.2, 0) is 5.60 Å². The molecule has 4 rings (SSSR count). The monoisotopic (exact) mass is 447 g/mol. The predicted molar refractivity (Wildman–Crippen MR) is 116 cm³/mol. The van der Waals surface area contributed by atoms with Gasteiger partial charge in [-0.25, -0.2) is 0 Å². The van der Waals surface area contributed by atoms with E-state index in [0.29, 0.717) is 24.2 Å². The Bertz CT molecular complexity index is 981. The Balaban J connectivity index is 1.75. The van der Waals surface area contributed by atoms with Crippen molar-refractivity contribution in [1.82, 2.24) is 9.88 Å². The van der Waals surface area contributed by atoms with Gasteiger partial charge in [0.25, 0.3) is 0 Å². The first-order valence-electron chi connectivity index (χ1n) is 10.7. The molecule has 0 saturated carbocycles. The molecule has 2 aliphatic rings. The summed E-state index contributed by atoms with van der Waals surface area (Å²) in [5.41, 5.74) is 0.909. The lowest BCUT2D eigenvalue weighted by atomic mass is 9.62. The highest BCUT2D eigenvalue weighted by Crippen LogP contribution is 2.51. The van der Waals surface area contributed by atoms with Gasteiger partial charge in [0.2, 0.25) is 0 Å². The molecule has 2 fully saturated rings. The summed E-state index contributed by atoms with van der Waals surface area (Å²) in [6.07, 6.45) is 0.891. The van der Waals surface area contributed by atoms with Crippen LogP contribution in [0, 0.1) is 5.41 Å². The van der Waals surface area contributed by atoms with Crippen molar-refractivity contribution in [3.05, 3.63) is 66.1 Å². The molecule has 32 heavy (non-hydrogen) atoms. The second-order valence-electron chi connectivity index (χ2n) is 9.06. The Morgan fingerprint density at radius 3 is 2.28 bits per heavy atom. The number of halogens is 3. The van der Waals surface area contributed by atoms with Crippen molar-refractivity contribution in [2.45, 2.75) is 38.7 Å². The molecule has 0 spiro atoms. The Kier molecular flexibility index (Phi) is 5.61. The minimum absolute atomic E-state index is 0.324. The van der Waals surface area contributed by atoms with Crippen molar-refractivity contribution in [3.8, 4) is 5.75 Å². The first-order chi connectivity index (χ1) is 15.0. The number of nitrogens with zero attached hydrogens (tertiary/aromatic N) is 3. The van der Waals surface area contributed by atoms with Crippen LogP contribution in [0.2, 0.25) is 0 Å². The number of pyridine rings is 1. The van der Waals surface area contributed by atoms with Crippen LogP contribution in [0.1, 0.15) is 37.8 Å². The highest BCUT2D eigenvalue weighted by molar-refractivity contribution is 5.51. The van der Waals surface area contributed by atoms with Gasteiger partial charge in [0.05, 0.1) is 11.9 Å². The molecular formula is C24H28F3N3O2. The zero-order valence-electron chi connectivity index (χ0n) is 18.3. The summed E-state index contributed by atoms with van der Waals surface area (Å²) in [6.45, 7) is 10.9. The lowest BCUT2D eigenvalue weighted by Gasteiger charge is -2.57.